The standard InChI is InChI=1S/C13H17ClN4/c1-4-8-18-10(6-7-15-18)12-9(3)13(14)17-11(5-2)16-12/h6-7H,4-5,8H2,1-3H3. The first-order valence-corrected chi connectivity index (χ1v) is 6.60. The molecule has 2 heterocycles. The van der Waals surface area contributed by atoms with E-state index in [2.05, 4.69) is 22.0 Å². The molecule has 2 rings (SSSR count). The zero-order valence-electron chi connectivity index (χ0n) is 10.9. The maximum atomic E-state index is 6.16. The normalized spacial score (nSPS) is 10.9. The SMILES string of the molecule is CCCn1nccc1-c1nc(CC)nc(Cl)c1C. The van der Waals surface area contributed by atoms with Crippen molar-refractivity contribution in [1.82, 2.24) is 19.7 Å². The minimum Gasteiger partial charge on any atom is -0.263 e. The highest BCUT2D eigenvalue weighted by Gasteiger charge is 2.14. The first kappa shape index (κ1) is 13.0. The summed E-state index contributed by atoms with van der Waals surface area (Å²) in [7, 11) is 0. The summed E-state index contributed by atoms with van der Waals surface area (Å²) in [5.41, 5.74) is 2.80. The summed E-state index contributed by atoms with van der Waals surface area (Å²) in [4.78, 5) is 8.84. The number of halogens is 1. The van der Waals surface area contributed by atoms with Crippen LogP contribution in [-0.2, 0) is 13.0 Å². The predicted molar refractivity (Wildman–Crippen MR) is 72.7 cm³/mol. The molecule has 18 heavy (non-hydrogen) atoms. The van der Waals surface area contributed by atoms with Gasteiger partial charge in [-0.1, -0.05) is 25.4 Å². The maximum absolute atomic E-state index is 6.16. The quantitative estimate of drug-likeness (QED) is 0.796. The molecule has 0 saturated carbocycles. The molecule has 0 amide bonds. The van der Waals surface area contributed by atoms with Crippen LogP contribution in [0.2, 0.25) is 5.15 Å². The molecule has 0 saturated heterocycles. The Morgan fingerprint density at radius 3 is 2.72 bits per heavy atom. The summed E-state index contributed by atoms with van der Waals surface area (Å²) in [6.45, 7) is 6.97. The van der Waals surface area contributed by atoms with E-state index in [4.69, 9.17) is 11.6 Å². The van der Waals surface area contributed by atoms with E-state index in [0.29, 0.717) is 5.15 Å². The van der Waals surface area contributed by atoms with Crippen LogP contribution in [0.15, 0.2) is 12.3 Å². The average Bonchev–Trinajstić information content (AvgIpc) is 2.81. The van der Waals surface area contributed by atoms with E-state index in [1.807, 2.05) is 24.6 Å². The van der Waals surface area contributed by atoms with Crippen LogP contribution in [0.4, 0.5) is 0 Å². The van der Waals surface area contributed by atoms with Crippen molar-refractivity contribution in [3.63, 3.8) is 0 Å². The van der Waals surface area contributed by atoms with Crippen molar-refractivity contribution in [2.24, 2.45) is 0 Å². The molecule has 0 aliphatic rings. The topological polar surface area (TPSA) is 43.6 Å². The summed E-state index contributed by atoms with van der Waals surface area (Å²) in [5.74, 6) is 0.768. The third-order valence-electron chi connectivity index (χ3n) is 2.84. The van der Waals surface area contributed by atoms with Crippen molar-refractivity contribution in [3.05, 3.63) is 28.8 Å². The van der Waals surface area contributed by atoms with Crippen LogP contribution in [0.1, 0.15) is 31.7 Å². The van der Waals surface area contributed by atoms with E-state index in [9.17, 15) is 0 Å². The van der Waals surface area contributed by atoms with Crippen molar-refractivity contribution < 1.29 is 0 Å². The summed E-state index contributed by atoms with van der Waals surface area (Å²) in [6.07, 6.45) is 3.61. The number of hydrogen-bond acceptors (Lipinski definition) is 3. The minimum atomic E-state index is 0.529. The molecule has 0 bridgehead atoms. The minimum absolute atomic E-state index is 0.529. The van der Waals surface area contributed by atoms with Crippen LogP contribution >= 0.6 is 11.6 Å². The Morgan fingerprint density at radius 1 is 1.28 bits per heavy atom. The van der Waals surface area contributed by atoms with Gasteiger partial charge in [0.05, 0.1) is 11.4 Å². The summed E-state index contributed by atoms with van der Waals surface area (Å²) >= 11 is 6.16. The highest BCUT2D eigenvalue weighted by atomic mass is 35.5. The molecule has 0 aliphatic heterocycles. The molecule has 0 aromatic carbocycles. The molecular formula is C13H17ClN4. The van der Waals surface area contributed by atoms with Crippen LogP contribution in [0.3, 0.4) is 0 Å². The van der Waals surface area contributed by atoms with Gasteiger partial charge < -0.3 is 0 Å². The second-order valence-electron chi connectivity index (χ2n) is 4.20. The molecule has 96 valence electrons. The van der Waals surface area contributed by atoms with Crippen molar-refractivity contribution in [3.8, 4) is 11.4 Å². The Labute approximate surface area is 112 Å². The molecule has 2 aromatic heterocycles. The van der Waals surface area contributed by atoms with Crippen molar-refractivity contribution in [2.75, 3.05) is 0 Å². The van der Waals surface area contributed by atoms with Crippen LogP contribution in [0.25, 0.3) is 11.4 Å². The summed E-state index contributed by atoms with van der Waals surface area (Å²) in [6, 6.07) is 1.97. The molecule has 5 heteroatoms. The Balaban J connectivity index is 2.55. The number of nitrogens with zero attached hydrogens (tertiary/aromatic N) is 4. The van der Waals surface area contributed by atoms with Crippen molar-refractivity contribution in [1.29, 1.82) is 0 Å². The molecule has 0 aliphatic carbocycles. The van der Waals surface area contributed by atoms with Gasteiger partial charge in [0.15, 0.2) is 0 Å². The maximum Gasteiger partial charge on any atom is 0.136 e. The zero-order chi connectivity index (χ0) is 13.1. The van der Waals surface area contributed by atoms with Gasteiger partial charge in [-0.3, -0.25) is 4.68 Å². The average molecular weight is 265 g/mol. The molecule has 0 fully saturated rings. The van der Waals surface area contributed by atoms with Gasteiger partial charge in [-0.15, -0.1) is 0 Å². The van der Waals surface area contributed by atoms with Gasteiger partial charge in [-0.2, -0.15) is 5.10 Å². The molecule has 0 N–H and O–H groups in total. The fourth-order valence-electron chi connectivity index (χ4n) is 1.86. The molecular weight excluding hydrogens is 248 g/mol. The fourth-order valence-corrected chi connectivity index (χ4v) is 2.05. The van der Waals surface area contributed by atoms with Crippen LogP contribution < -0.4 is 0 Å². The fraction of sp³-hybridized carbons (Fsp3) is 0.462. The van der Waals surface area contributed by atoms with E-state index in [1.165, 1.54) is 0 Å². The third kappa shape index (κ3) is 2.38. The molecule has 0 radical (unpaired) electrons. The predicted octanol–water partition coefficient (Wildman–Crippen LogP) is 3.27. The second-order valence-corrected chi connectivity index (χ2v) is 4.56. The van der Waals surface area contributed by atoms with Gasteiger partial charge in [-0.05, 0) is 19.4 Å². The van der Waals surface area contributed by atoms with E-state index in [0.717, 1.165) is 42.2 Å². The van der Waals surface area contributed by atoms with Gasteiger partial charge in [-0.25, -0.2) is 9.97 Å². The van der Waals surface area contributed by atoms with Crippen LogP contribution in [0.5, 0.6) is 0 Å². The Morgan fingerprint density at radius 2 is 2.06 bits per heavy atom. The lowest BCUT2D eigenvalue weighted by atomic mass is 10.2. The largest absolute Gasteiger partial charge is 0.263 e. The molecule has 2 aromatic rings. The van der Waals surface area contributed by atoms with E-state index in [-0.39, 0.29) is 0 Å². The smallest absolute Gasteiger partial charge is 0.136 e. The number of rotatable bonds is 4. The van der Waals surface area contributed by atoms with E-state index >= 15 is 0 Å². The van der Waals surface area contributed by atoms with Gasteiger partial charge in [0.1, 0.15) is 11.0 Å². The molecule has 0 spiro atoms. The van der Waals surface area contributed by atoms with Gasteiger partial charge >= 0.3 is 0 Å². The van der Waals surface area contributed by atoms with E-state index in [1.54, 1.807) is 6.20 Å². The van der Waals surface area contributed by atoms with Crippen LogP contribution in [0, 0.1) is 6.92 Å². The van der Waals surface area contributed by atoms with Gasteiger partial charge in [0, 0.05) is 24.7 Å². The first-order valence-electron chi connectivity index (χ1n) is 6.22. The van der Waals surface area contributed by atoms with Crippen LogP contribution in [-0.4, -0.2) is 19.7 Å². The first-order chi connectivity index (χ1) is 8.67. The lowest BCUT2D eigenvalue weighted by Gasteiger charge is -2.10. The molecule has 0 unspecified atom stereocenters. The highest BCUT2D eigenvalue weighted by Crippen LogP contribution is 2.25. The summed E-state index contributed by atoms with van der Waals surface area (Å²) < 4.78 is 1.96. The lowest BCUT2D eigenvalue weighted by Crippen LogP contribution is -2.06. The molecule has 4 nitrogen and oxygen atoms in total. The zero-order valence-corrected chi connectivity index (χ0v) is 11.7. The Kier molecular flexibility index (Phi) is 3.97. The Bertz CT molecular complexity index is 548. The van der Waals surface area contributed by atoms with Crippen molar-refractivity contribution in [2.45, 2.75) is 40.2 Å². The number of aromatic nitrogens is 4. The number of aryl methyl sites for hydroxylation is 2. The summed E-state index contributed by atoms with van der Waals surface area (Å²) in [5, 5.41) is 4.85. The number of hydrogen-bond donors (Lipinski definition) is 0. The third-order valence-corrected chi connectivity index (χ3v) is 3.21. The highest BCUT2D eigenvalue weighted by molar-refractivity contribution is 6.30. The lowest BCUT2D eigenvalue weighted by molar-refractivity contribution is 0.607. The Hall–Kier alpha value is -1.42. The molecule has 0 atom stereocenters. The second kappa shape index (κ2) is 5.48. The van der Waals surface area contributed by atoms with Crippen molar-refractivity contribution >= 4 is 11.6 Å². The van der Waals surface area contributed by atoms with Gasteiger partial charge in [0.2, 0.25) is 0 Å². The van der Waals surface area contributed by atoms with Gasteiger partial charge in [0.25, 0.3) is 0 Å². The monoisotopic (exact) mass is 264 g/mol. The van der Waals surface area contributed by atoms with E-state index < -0.39 is 0 Å².